The Balaban J connectivity index is 1.49. The molecule has 3 aromatic rings. The van der Waals surface area contributed by atoms with Crippen molar-refractivity contribution < 1.29 is 9.57 Å². The van der Waals surface area contributed by atoms with Gasteiger partial charge in [-0.3, -0.25) is 14.3 Å². The van der Waals surface area contributed by atoms with Gasteiger partial charge in [-0.25, -0.2) is 4.98 Å². The second-order valence-electron chi connectivity index (χ2n) is 5.25. The van der Waals surface area contributed by atoms with Crippen LogP contribution in [0.25, 0.3) is 11.2 Å². The van der Waals surface area contributed by atoms with Gasteiger partial charge in [0, 0.05) is 0 Å². The van der Waals surface area contributed by atoms with Crippen LogP contribution in [0.15, 0.2) is 46.6 Å². The number of nitrogens with one attached hydrogen (secondary N) is 1. The predicted molar refractivity (Wildman–Crippen MR) is 93.1 cm³/mol. The number of nitrogens with two attached hydrogens (primary N) is 1. The van der Waals surface area contributed by atoms with Gasteiger partial charge in [-0.2, -0.15) is 4.98 Å². The van der Waals surface area contributed by atoms with Crippen LogP contribution in [-0.2, 0) is 16.3 Å². The molecule has 0 aliphatic carbocycles. The van der Waals surface area contributed by atoms with E-state index in [0.29, 0.717) is 18.9 Å². The molecule has 9 heteroatoms. The van der Waals surface area contributed by atoms with E-state index >= 15 is 0 Å². The Bertz CT molecular complexity index is 932. The lowest BCUT2D eigenvalue weighted by molar-refractivity contribution is 0.0218. The minimum absolute atomic E-state index is 0.0355. The van der Waals surface area contributed by atoms with Crippen molar-refractivity contribution >= 4 is 22.8 Å². The number of imidazole rings is 1. The molecule has 1 aromatic carbocycles. The number of fused-ring (bicyclic) bond motifs is 1. The molecular formula is C16H18N6O3. The van der Waals surface area contributed by atoms with Crippen molar-refractivity contribution in [3.63, 3.8) is 0 Å². The van der Waals surface area contributed by atoms with Gasteiger partial charge in [0.15, 0.2) is 11.2 Å². The third-order valence-corrected chi connectivity index (χ3v) is 3.44. The number of rotatable bonds is 7. The highest BCUT2D eigenvalue weighted by molar-refractivity contribution is 5.98. The SMILES string of the molecule is C/C(=N/OCCOCn1cnc2c(=O)[nH]c(N)nc21)c1ccccc1. The van der Waals surface area contributed by atoms with Gasteiger partial charge in [0.05, 0.1) is 18.6 Å². The first-order valence-corrected chi connectivity index (χ1v) is 7.65. The van der Waals surface area contributed by atoms with E-state index in [1.165, 1.54) is 6.33 Å². The molecule has 0 fully saturated rings. The summed E-state index contributed by atoms with van der Waals surface area (Å²) in [5.74, 6) is 0.0355. The van der Waals surface area contributed by atoms with Gasteiger partial charge in [-0.1, -0.05) is 35.5 Å². The smallest absolute Gasteiger partial charge is 0.280 e. The molecule has 2 heterocycles. The number of nitrogens with zero attached hydrogens (tertiary/aromatic N) is 4. The fourth-order valence-electron chi connectivity index (χ4n) is 2.20. The molecule has 0 unspecified atom stereocenters. The lowest BCUT2D eigenvalue weighted by Crippen LogP contribution is -2.13. The Morgan fingerprint density at radius 2 is 2.12 bits per heavy atom. The number of ether oxygens (including phenoxy) is 1. The normalized spacial score (nSPS) is 11.8. The lowest BCUT2D eigenvalue weighted by Gasteiger charge is -2.06. The summed E-state index contributed by atoms with van der Waals surface area (Å²) in [6.45, 7) is 2.68. The maximum atomic E-state index is 11.7. The van der Waals surface area contributed by atoms with Crippen LogP contribution < -0.4 is 11.3 Å². The third kappa shape index (κ3) is 4.01. The number of hydrogen-bond acceptors (Lipinski definition) is 7. The summed E-state index contributed by atoms with van der Waals surface area (Å²) in [6, 6.07) is 9.76. The summed E-state index contributed by atoms with van der Waals surface area (Å²) >= 11 is 0. The van der Waals surface area contributed by atoms with Gasteiger partial charge in [0.25, 0.3) is 5.56 Å². The number of aromatic nitrogens is 4. The van der Waals surface area contributed by atoms with E-state index in [4.69, 9.17) is 15.3 Å². The number of aromatic amines is 1. The van der Waals surface area contributed by atoms with E-state index in [9.17, 15) is 4.79 Å². The summed E-state index contributed by atoms with van der Waals surface area (Å²) in [4.78, 5) is 27.4. The maximum absolute atomic E-state index is 11.7. The molecule has 2 aromatic heterocycles. The van der Waals surface area contributed by atoms with Gasteiger partial charge in [0.1, 0.15) is 13.3 Å². The molecule has 0 bridgehead atoms. The fourth-order valence-corrected chi connectivity index (χ4v) is 2.20. The minimum Gasteiger partial charge on any atom is -0.393 e. The molecule has 0 atom stereocenters. The second-order valence-corrected chi connectivity index (χ2v) is 5.25. The predicted octanol–water partition coefficient (Wildman–Crippen LogP) is 1.12. The highest BCUT2D eigenvalue weighted by Gasteiger charge is 2.08. The summed E-state index contributed by atoms with van der Waals surface area (Å²) in [5, 5.41) is 4.05. The molecule has 25 heavy (non-hydrogen) atoms. The number of oxime groups is 1. The first-order valence-electron chi connectivity index (χ1n) is 7.65. The monoisotopic (exact) mass is 342 g/mol. The van der Waals surface area contributed by atoms with Crippen molar-refractivity contribution in [2.75, 3.05) is 18.9 Å². The first-order chi connectivity index (χ1) is 12.1. The molecule has 9 nitrogen and oxygen atoms in total. The van der Waals surface area contributed by atoms with Crippen molar-refractivity contribution in [3.05, 3.63) is 52.6 Å². The van der Waals surface area contributed by atoms with Crippen LogP contribution in [0.4, 0.5) is 5.95 Å². The van der Waals surface area contributed by atoms with Gasteiger partial charge >= 0.3 is 0 Å². The summed E-state index contributed by atoms with van der Waals surface area (Å²) in [7, 11) is 0. The summed E-state index contributed by atoms with van der Waals surface area (Å²) in [5.41, 5.74) is 7.55. The van der Waals surface area contributed by atoms with Crippen LogP contribution in [-0.4, -0.2) is 38.4 Å². The zero-order valence-corrected chi connectivity index (χ0v) is 13.7. The van der Waals surface area contributed by atoms with Crippen LogP contribution in [0.2, 0.25) is 0 Å². The number of benzene rings is 1. The molecule has 0 amide bonds. The van der Waals surface area contributed by atoms with E-state index in [1.54, 1.807) is 4.57 Å². The highest BCUT2D eigenvalue weighted by Crippen LogP contribution is 2.06. The van der Waals surface area contributed by atoms with Gasteiger partial charge in [-0.15, -0.1) is 0 Å². The molecule has 0 spiro atoms. The molecule has 0 aliphatic heterocycles. The van der Waals surface area contributed by atoms with Crippen LogP contribution in [0, 0.1) is 0 Å². The second kappa shape index (κ2) is 7.58. The zero-order chi connectivity index (χ0) is 17.6. The standard InChI is InChI=1S/C16H18N6O3/c1-11(12-5-3-2-4-6-12)21-25-8-7-24-10-22-9-18-13-14(22)19-16(17)20-15(13)23/h2-6,9H,7-8,10H2,1H3,(H3,17,19,20,23)/b21-11-. The molecule has 3 rings (SSSR count). The van der Waals surface area contributed by atoms with Crippen LogP contribution in [0.3, 0.4) is 0 Å². The topological polar surface area (TPSA) is 120 Å². The Hall–Kier alpha value is -3.20. The van der Waals surface area contributed by atoms with Crippen molar-refractivity contribution in [2.24, 2.45) is 5.16 Å². The minimum atomic E-state index is -0.379. The van der Waals surface area contributed by atoms with E-state index in [2.05, 4.69) is 20.1 Å². The van der Waals surface area contributed by atoms with Crippen LogP contribution >= 0.6 is 0 Å². The number of hydrogen-bond donors (Lipinski definition) is 2. The number of H-pyrrole nitrogens is 1. The van der Waals surface area contributed by atoms with Crippen molar-refractivity contribution in [2.45, 2.75) is 13.7 Å². The molecule has 0 saturated carbocycles. The Morgan fingerprint density at radius 3 is 2.92 bits per heavy atom. The Kier molecular flexibility index (Phi) is 5.05. The molecule has 130 valence electrons. The first kappa shape index (κ1) is 16.7. The van der Waals surface area contributed by atoms with Crippen LogP contribution in [0.1, 0.15) is 12.5 Å². The average Bonchev–Trinajstić information content (AvgIpc) is 3.01. The van der Waals surface area contributed by atoms with Crippen LogP contribution in [0.5, 0.6) is 0 Å². The van der Waals surface area contributed by atoms with E-state index < -0.39 is 0 Å². The van der Waals surface area contributed by atoms with Gasteiger partial charge in [0.2, 0.25) is 5.95 Å². The zero-order valence-electron chi connectivity index (χ0n) is 13.7. The quantitative estimate of drug-likeness (QED) is 0.377. The molecule has 0 aliphatic rings. The Labute approximate surface area is 143 Å². The Morgan fingerprint density at radius 1 is 1.32 bits per heavy atom. The van der Waals surface area contributed by atoms with Gasteiger partial charge < -0.3 is 15.3 Å². The fraction of sp³-hybridized carbons (Fsp3) is 0.250. The van der Waals surface area contributed by atoms with Crippen molar-refractivity contribution in [3.8, 4) is 0 Å². The third-order valence-electron chi connectivity index (χ3n) is 3.44. The number of nitrogen functional groups attached to an aromatic ring is 1. The summed E-state index contributed by atoms with van der Waals surface area (Å²) < 4.78 is 7.09. The maximum Gasteiger partial charge on any atom is 0.280 e. The van der Waals surface area contributed by atoms with Crippen molar-refractivity contribution in [1.82, 2.24) is 19.5 Å². The molecule has 3 N–H and O–H groups in total. The van der Waals surface area contributed by atoms with Crippen molar-refractivity contribution in [1.29, 1.82) is 0 Å². The molecular weight excluding hydrogens is 324 g/mol. The summed E-state index contributed by atoms with van der Waals surface area (Å²) in [6.07, 6.45) is 1.48. The van der Waals surface area contributed by atoms with E-state index in [0.717, 1.165) is 11.3 Å². The largest absolute Gasteiger partial charge is 0.393 e. The lowest BCUT2D eigenvalue weighted by atomic mass is 10.1. The number of anilines is 1. The average molecular weight is 342 g/mol. The van der Waals surface area contributed by atoms with E-state index in [1.807, 2.05) is 37.3 Å². The van der Waals surface area contributed by atoms with E-state index in [-0.39, 0.29) is 23.8 Å². The highest BCUT2D eigenvalue weighted by atomic mass is 16.6. The van der Waals surface area contributed by atoms with Gasteiger partial charge in [-0.05, 0) is 12.5 Å². The molecule has 0 radical (unpaired) electrons. The molecule has 0 saturated heterocycles.